The fourth-order valence-corrected chi connectivity index (χ4v) is 2.46. The summed E-state index contributed by atoms with van der Waals surface area (Å²) < 4.78 is 1.01. The van der Waals surface area contributed by atoms with E-state index in [0.717, 1.165) is 24.0 Å². The van der Waals surface area contributed by atoms with E-state index in [1.54, 1.807) is 0 Å². The molecule has 1 saturated heterocycles. The topological polar surface area (TPSA) is 20.2 Å². The van der Waals surface area contributed by atoms with Crippen LogP contribution in [-0.2, 0) is 0 Å². The van der Waals surface area contributed by atoms with E-state index in [1.807, 2.05) is 6.07 Å². The third-order valence-corrected chi connectivity index (χ3v) is 3.41. The predicted molar refractivity (Wildman–Crippen MR) is 61.6 cm³/mol. The Hall–Kier alpha value is -0.380. The van der Waals surface area contributed by atoms with Gasteiger partial charge in [-0.15, -0.1) is 0 Å². The maximum atomic E-state index is 10.0. The summed E-state index contributed by atoms with van der Waals surface area (Å²) in [6.45, 7) is 2.11. The lowest BCUT2D eigenvalue weighted by atomic mass is 9.87. The van der Waals surface area contributed by atoms with Crippen molar-refractivity contribution in [2.75, 3.05) is 27.2 Å². The summed E-state index contributed by atoms with van der Waals surface area (Å²) in [4.78, 5) is 0. The van der Waals surface area contributed by atoms with Crippen LogP contribution in [0, 0.1) is 0 Å². The maximum absolute atomic E-state index is 10.0. The zero-order valence-electron chi connectivity index (χ0n) is 9.94. The summed E-state index contributed by atoms with van der Waals surface area (Å²) in [5.74, 6) is 0.301. The number of aliphatic hydroxyl groups excluding tert-OH is 1. The van der Waals surface area contributed by atoms with Crippen LogP contribution < -0.4 is 17.0 Å². The van der Waals surface area contributed by atoms with Gasteiger partial charge in [-0.2, -0.15) is 0 Å². The molecule has 16 heavy (non-hydrogen) atoms. The first-order chi connectivity index (χ1) is 7.08. The summed E-state index contributed by atoms with van der Waals surface area (Å²) in [5, 5.41) is 10.0. The maximum Gasteiger partial charge on any atom is 0.0877 e. The molecule has 2 nitrogen and oxygen atoms in total. The Kier molecular flexibility index (Phi) is 4.53. The summed E-state index contributed by atoms with van der Waals surface area (Å²) in [5.41, 5.74) is 1.27. The highest BCUT2D eigenvalue weighted by Crippen LogP contribution is 2.29. The predicted octanol–water partition coefficient (Wildman–Crippen LogP) is -1.38. The van der Waals surface area contributed by atoms with E-state index in [1.165, 1.54) is 5.56 Å². The van der Waals surface area contributed by atoms with Gasteiger partial charge in [-0.25, -0.2) is 0 Å². The van der Waals surface area contributed by atoms with E-state index in [9.17, 15) is 5.11 Å². The van der Waals surface area contributed by atoms with Crippen LogP contribution in [-0.4, -0.2) is 42.9 Å². The average Bonchev–Trinajstić information content (AvgIpc) is 2.23. The fourth-order valence-electron chi connectivity index (χ4n) is 2.46. The van der Waals surface area contributed by atoms with Gasteiger partial charge in [0.1, 0.15) is 0 Å². The molecule has 2 unspecified atom stereocenters. The van der Waals surface area contributed by atoms with Crippen molar-refractivity contribution in [3.63, 3.8) is 0 Å². The highest BCUT2D eigenvalue weighted by molar-refractivity contribution is 5.21. The minimum absolute atomic E-state index is 0. The molecule has 0 spiro atoms. The zero-order chi connectivity index (χ0) is 10.9. The Balaban J connectivity index is 0.00000128. The molecule has 0 radical (unpaired) electrons. The molecule has 1 aromatic rings. The number of aliphatic hydroxyl groups is 1. The van der Waals surface area contributed by atoms with Crippen molar-refractivity contribution in [3.8, 4) is 0 Å². The first-order valence-electron chi connectivity index (χ1n) is 5.63. The molecule has 1 aliphatic rings. The summed E-state index contributed by atoms with van der Waals surface area (Å²) in [6.07, 6.45) is 0.741. The lowest BCUT2D eigenvalue weighted by Gasteiger charge is -2.40. The molecule has 3 heteroatoms. The van der Waals surface area contributed by atoms with E-state index in [0.29, 0.717) is 5.92 Å². The number of hydrogen-bond donors (Lipinski definition) is 1. The molecule has 0 aliphatic carbocycles. The van der Waals surface area contributed by atoms with E-state index in [2.05, 4.69) is 38.4 Å². The largest absolute Gasteiger partial charge is 1.00 e. The van der Waals surface area contributed by atoms with Gasteiger partial charge in [0.2, 0.25) is 0 Å². The van der Waals surface area contributed by atoms with Gasteiger partial charge >= 0.3 is 0 Å². The molecule has 1 aromatic carbocycles. The monoisotopic (exact) mass is 285 g/mol. The second kappa shape index (κ2) is 5.30. The number of quaternary nitrogens is 1. The van der Waals surface area contributed by atoms with Crippen molar-refractivity contribution in [2.24, 2.45) is 0 Å². The minimum atomic E-state index is -0.168. The van der Waals surface area contributed by atoms with Crippen molar-refractivity contribution in [1.82, 2.24) is 0 Å². The molecular weight excluding hydrogens is 266 g/mol. The number of rotatable bonds is 1. The molecule has 0 amide bonds. The molecule has 1 aliphatic heterocycles. The van der Waals surface area contributed by atoms with Crippen LogP contribution in [0.4, 0.5) is 0 Å². The van der Waals surface area contributed by atoms with Gasteiger partial charge < -0.3 is 26.6 Å². The summed E-state index contributed by atoms with van der Waals surface area (Å²) >= 11 is 0. The standard InChI is InChI=1S/C13H20NO.BrH/c1-14(2)9-8-13(15)12(10-14)11-6-4-3-5-7-11;/h3-7,12-13,15H,8-10H2,1-2H3;1H/q+1;/p-1. The van der Waals surface area contributed by atoms with Gasteiger partial charge in [0.05, 0.1) is 39.2 Å². The van der Waals surface area contributed by atoms with E-state index in [-0.39, 0.29) is 23.1 Å². The summed E-state index contributed by atoms with van der Waals surface area (Å²) in [6, 6.07) is 10.4. The number of likely N-dealkylation sites (tertiary alicyclic amines) is 1. The Bertz CT molecular complexity index is 326. The third-order valence-electron chi connectivity index (χ3n) is 3.41. The molecular formula is C13H20BrNO. The molecule has 90 valence electrons. The number of halogens is 1. The highest BCUT2D eigenvalue weighted by Gasteiger charge is 2.34. The van der Waals surface area contributed by atoms with Gasteiger partial charge in [-0.05, 0) is 5.56 Å². The van der Waals surface area contributed by atoms with Gasteiger partial charge in [-0.3, -0.25) is 0 Å². The van der Waals surface area contributed by atoms with Crippen molar-refractivity contribution in [1.29, 1.82) is 0 Å². The lowest BCUT2D eigenvalue weighted by molar-refractivity contribution is -0.897. The minimum Gasteiger partial charge on any atom is -1.00 e. The molecule has 2 atom stereocenters. The molecule has 0 bridgehead atoms. The van der Waals surface area contributed by atoms with Crippen molar-refractivity contribution < 1.29 is 26.6 Å². The van der Waals surface area contributed by atoms with E-state index >= 15 is 0 Å². The molecule has 1 N–H and O–H groups in total. The quantitative estimate of drug-likeness (QED) is 0.631. The Labute approximate surface area is 108 Å². The first kappa shape index (κ1) is 13.7. The van der Waals surface area contributed by atoms with Gasteiger partial charge in [0.25, 0.3) is 0 Å². The normalized spacial score (nSPS) is 28.2. The number of hydrogen-bond acceptors (Lipinski definition) is 1. The third kappa shape index (κ3) is 3.06. The molecule has 0 aromatic heterocycles. The van der Waals surface area contributed by atoms with Crippen molar-refractivity contribution in [3.05, 3.63) is 35.9 Å². The Morgan fingerprint density at radius 1 is 1.19 bits per heavy atom. The fraction of sp³-hybridized carbons (Fsp3) is 0.538. The molecule has 0 saturated carbocycles. The van der Waals surface area contributed by atoms with Crippen molar-refractivity contribution in [2.45, 2.75) is 18.4 Å². The Morgan fingerprint density at radius 3 is 2.44 bits per heavy atom. The second-order valence-corrected chi connectivity index (χ2v) is 5.22. The van der Waals surface area contributed by atoms with Crippen LogP contribution in [0.5, 0.6) is 0 Å². The molecule has 2 rings (SSSR count). The van der Waals surface area contributed by atoms with Gasteiger partial charge in [0.15, 0.2) is 0 Å². The van der Waals surface area contributed by atoms with Crippen LogP contribution in [0.25, 0.3) is 0 Å². The van der Waals surface area contributed by atoms with E-state index < -0.39 is 0 Å². The molecule has 1 fully saturated rings. The van der Waals surface area contributed by atoms with E-state index in [4.69, 9.17) is 0 Å². The SMILES string of the molecule is C[N+]1(C)CCC(O)C(c2ccccc2)C1.[Br-]. The smallest absolute Gasteiger partial charge is 0.0877 e. The molecule has 1 heterocycles. The van der Waals surface area contributed by atoms with Gasteiger partial charge in [-0.1, -0.05) is 30.3 Å². The summed E-state index contributed by atoms with van der Waals surface area (Å²) in [7, 11) is 4.48. The number of nitrogens with zero attached hydrogens (tertiary/aromatic N) is 1. The lowest BCUT2D eigenvalue weighted by Crippen LogP contribution is -3.00. The number of benzene rings is 1. The highest BCUT2D eigenvalue weighted by atomic mass is 79.9. The average molecular weight is 286 g/mol. The second-order valence-electron chi connectivity index (χ2n) is 5.22. The zero-order valence-corrected chi connectivity index (χ0v) is 11.5. The van der Waals surface area contributed by atoms with Crippen LogP contribution >= 0.6 is 0 Å². The van der Waals surface area contributed by atoms with Crippen LogP contribution in [0.15, 0.2) is 30.3 Å². The first-order valence-corrected chi connectivity index (χ1v) is 5.63. The van der Waals surface area contributed by atoms with Crippen LogP contribution in [0.3, 0.4) is 0 Å². The van der Waals surface area contributed by atoms with Crippen molar-refractivity contribution >= 4 is 0 Å². The Morgan fingerprint density at radius 2 is 1.81 bits per heavy atom. The number of likely N-dealkylation sites (N-methyl/N-ethyl adjacent to an activating group) is 1. The van der Waals surface area contributed by atoms with Crippen LogP contribution in [0.2, 0.25) is 0 Å². The van der Waals surface area contributed by atoms with Crippen LogP contribution in [0.1, 0.15) is 17.9 Å². The van der Waals surface area contributed by atoms with Gasteiger partial charge in [0, 0.05) is 6.42 Å². The number of piperidine rings is 1.